The van der Waals surface area contributed by atoms with Crippen LogP contribution in [0, 0.1) is 0 Å². The molecule has 0 aliphatic rings. The Morgan fingerprint density at radius 1 is 0.864 bits per heavy atom. The molecule has 0 spiro atoms. The highest BCUT2D eigenvalue weighted by Gasteiger charge is 2.06. The minimum absolute atomic E-state index is 0.261. The number of ether oxygens (including phenoxy) is 1. The fourth-order valence-corrected chi connectivity index (χ4v) is 2.67. The fraction of sp³-hybridized carbons (Fsp3) is 0.0526. The summed E-state index contributed by atoms with van der Waals surface area (Å²) in [5.74, 6) is 1.08. The largest absolute Gasteiger partial charge is 0.508 e. The number of hydrogen-bond acceptors (Lipinski definition) is 2. The van der Waals surface area contributed by atoms with Crippen LogP contribution in [-0.4, -0.2) is 5.11 Å². The Bertz CT molecular complexity index is 752. The zero-order valence-electron chi connectivity index (χ0n) is 11.9. The monoisotopic (exact) mass is 354 g/mol. The molecule has 3 aromatic carbocycles. The van der Waals surface area contributed by atoms with Crippen molar-refractivity contribution in [2.75, 3.05) is 0 Å². The number of hydrogen-bond donors (Lipinski definition) is 1. The topological polar surface area (TPSA) is 29.5 Å². The molecule has 0 radical (unpaired) electrons. The normalized spacial score (nSPS) is 10.4. The molecular formula is C19H15BrO2. The van der Waals surface area contributed by atoms with Crippen LogP contribution in [0.15, 0.2) is 77.3 Å². The van der Waals surface area contributed by atoms with Crippen LogP contribution in [0.1, 0.15) is 5.56 Å². The molecule has 22 heavy (non-hydrogen) atoms. The smallest absolute Gasteiger partial charge is 0.120 e. The molecule has 3 heteroatoms. The highest BCUT2D eigenvalue weighted by Crippen LogP contribution is 2.32. The van der Waals surface area contributed by atoms with E-state index in [1.807, 2.05) is 60.7 Å². The highest BCUT2D eigenvalue weighted by atomic mass is 79.9. The number of benzene rings is 3. The van der Waals surface area contributed by atoms with E-state index < -0.39 is 0 Å². The van der Waals surface area contributed by atoms with Gasteiger partial charge in [-0.3, -0.25) is 0 Å². The Labute approximate surface area is 138 Å². The molecule has 0 saturated carbocycles. The van der Waals surface area contributed by atoms with Crippen molar-refractivity contribution in [2.24, 2.45) is 0 Å². The third-order valence-electron chi connectivity index (χ3n) is 3.36. The van der Waals surface area contributed by atoms with Gasteiger partial charge in [0.1, 0.15) is 18.1 Å². The van der Waals surface area contributed by atoms with E-state index in [4.69, 9.17) is 4.74 Å². The van der Waals surface area contributed by atoms with Crippen molar-refractivity contribution in [3.63, 3.8) is 0 Å². The Kier molecular flexibility index (Phi) is 4.45. The van der Waals surface area contributed by atoms with Gasteiger partial charge in [0.25, 0.3) is 0 Å². The van der Waals surface area contributed by atoms with Crippen LogP contribution in [0.4, 0.5) is 0 Å². The van der Waals surface area contributed by atoms with Crippen molar-refractivity contribution in [3.8, 4) is 22.6 Å². The first-order valence-corrected chi connectivity index (χ1v) is 7.77. The second kappa shape index (κ2) is 6.67. The van der Waals surface area contributed by atoms with E-state index in [0.29, 0.717) is 6.61 Å². The minimum Gasteiger partial charge on any atom is -0.508 e. The molecule has 0 aromatic heterocycles. The summed E-state index contributed by atoms with van der Waals surface area (Å²) in [6, 6.07) is 23.1. The van der Waals surface area contributed by atoms with Crippen LogP contribution in [0.2, 0.25) is 0 Å². The maximum absolute atomic E-state index is 9.40. The molecule has 3 rings (SSSR count). The first-order chi connectivity index (χ1) is 10.7. The number of aromatic hydroxyl groups is 1. The van der Waals surface area contributed by atoms with E-state index >= 15 is 0 Å². The predicted molar refractivity (Wildman–Crippen MR) is 92.0 cm³/mol. The van der Waals surface area contributed by atoms with E-state index in [9.17, 15) is 5.11 Å². The van der Waals surface area contributed by atoms with Gasteiger partial charge in [-0.2, -0.15) is 0 Å². The van der Waals surface area contributed by atoms with Crippen molar-refractivity contribution in [2.45, 2.75) is 6.61 Å². The second-order valence-corrected chi connectivity index (χ2v) is 5.82. The summed E-state index contributed by atoms with van der Waals surface area (Å²) in [5.41, 5.74) is 3.19. The van der Waals surface area contributed by atoms with Crippen LogP contribution in [0.3, 0.4) is 0 Å². The number of phenols is 1. The van der Waals surface area contributed by atoms with Crippen LogP contribution in [0.5, 0.6) is 11.5 Å². The van der Waals surface area contributed by atoms with Gasteiger partial charge < -0.3 is 9.84 Å². The number of rotatable bonds is 4. The van der Waals surface area contributed by atoms with Gasteiger partial charge in [0.05, 0.1) is 0 Å². The van der Waals surface area contributed by atoms with Gasteiger partial charge in [-0.25, -0.2) is 0 Å². The van der Waals surface area contributed by atoms with Crippen LogP contribution >= 0.6 is 15.9 Å². The first kappa shape index (κ1) is 14.7. The molecule has 110 valence electrons. The molecule has 0 aliphatic carbocycles. The molecule has 0 amide bonds. The summed E-state index contributed by atoms with van der Waals surface area (Å²) >= 11 is 3.56. The van der Waals surface area contributed by atoms with Gasteiger partial charge in [-0.1, -0.05) is 58.4 Å². The molecule has 2 nitrogen and oxygen atoms in total. The number of phenolic OH excluding ortho intramolecular Hbond substituents is 1. The maximum Gasteiger partial charge on any atom is 0.120 e. The summed E-state index contributed by atoms with van der Waals surface area (Å²) in [6.45, 7) is 0.539. The van der Waals surface area contributed by atoms with Crippen molar-refractivity contribution in [1.82, 2.24) is 0 Å². The van der Waals surface area contributed by atoms with Gasteiger partial charge in [0.15, 0.2) is 0 Å². The second-order valence-electron chi connectivity index (χ2n) is 4.96. The van der Waals surface area contributed by atoms with Crippen LogP contribution in [0.25, 0.3) is 11.1 Å². The lowest BCUT2D eigenvalue weighted by molar-refractivity contribution is 0.306. The molecule has 0 aliphatic heterocycles. The van der Waals surface area contributed by atoms with Crippen LogP contribution in [-0.2, 0) is 6.61 Å². The lowest BCUT2D eigenvalue weighted by Gasteiger charge is -2.10. The number of halogens is 1. The van der Waals surface area contributed by atoms with E-state index in [0.717, 1.165) is 26.9 Å². The molecular weight excluding hydrogens is 340 g/mol. The summed E-state index contributed by atoms with van der Waals surface area (Å²) in [7, 11) is 0. The van der Waals surface area contributed by atoms with Gasteiger partial charge >= 0.3 is 0 Å². The minimum atomic E-state index is 0.261. The Morgan fingerprint density at radius 2 is 1.59 bits per heavy atom. The van der Waals surface area contributed by atoms with Gasteiger partial charge in [-0.15, -0.1) is 0 Å². The van der Waals surface area contributed by atoms with Crippen molar-refractivity contribution in [3.05, 3.63) is 82.8 Å². The molecule has 0 atom stereocenters. The highest BCUT2D eigenvalue weighted by molar-refractivity contribution is 9.10. The van der Waals surface area contributed by atoms with E-state index in [1.54, 1.807) is 12.1 Å². The average Bonchev–Trinajstić information content (AvgIpc) is 2.56. The zero-order chi connectivity index (χ0) is 15.4. The van der Waals surface area contributed by atoms with E-state index in [2.05, 4.69) is 15.9 Å². The van der Waals surface area contributed by atoms with E-state index in [-0.39, 0.29) is 5.75 Å². The summed E-state index contributed by atoms with van der Waals surface area (Å²) in [5, 5.41) is 9.40. The van der Waals surface area contributed by atoms with Crippen LogP contribution < -0.4 is 4.74 Å². The van der Waals surface area contributed by atoms with Crippen molar-refractivity contribution < 1.29 is 9.84 Å². The molecule has 3 aromatic rings. The summed E-state index contributed by atoms with van der Waals surface area (Å²) in [6.07, 6.45) is 0. The quantitative estimate of drug-likeness (QED) is 0.679. The lowest BCUT2D eigenvalue weighted by atomic mass is 10.1. The summed E-state index contributed by atoms with van der Waals surface area (Å²) < 4.78 is 6.85. The summed E-state index contributed by atoms with van der Waals surface area (Å²) in [4.78, 5) is 0. The first-order valence-electron chi connectivity index (χ1n) is 6.98. The SMILES string of the molecule is Oc1ccc(-c2cc(OCc3ccccc3)ccc2Br)cc1. The fourth-order valence-electron chi connectivity index (χ4n) is 2.20. The zero-order valence-corrected chi connectivity index (χ0v) is 13.5. The van der Waals surface area contributed by atoms with Gasteiger partial charge in [0, 0.05) is 4.47 Å². The van der Waals surface area contributed by atoms with Gasteiger partial charge in [0.2, 0.25) is 0 Å². The Hall–Kier alpha value is -2.26. The third-order valence-corrected chi connectivity index (χ3v) is 4.06. The molecule has 0 saturated heterocycles. The molecule has 0 fully saturated rings. The maximum atomic E-state index is 9.40. The van der Waals surface area contributed by atoms with Crippen molar-refractivity contribution >= 4 is 15.9 Å². The molecule has 0 unspecified atom stereocenters. The third kappa shape index (κ3) is 3.49. The van der Waals surface area contributed by atoms with E-state index in [1.165, 1.54) is 0 Å². The predicted octanol–water partition coefficient (Wildman–Crippen LogP) is 5.40. The molecule has 0 heterocycles. The van der Waals surface area contributed by atoms with Crippen molar-refractivity contribution in [1.29, 1.82) is 0 Å². The molecule has 0 bridgehead atoms. The molecule has 1 N–H and O–H groups in total. The van der Waals surface area contributed by atoms with Gasteiger partial charge in [-0.05, 0) is 47.0 Å². The lowest BCUT2D eigenvalue weighted by Crippen LogP contribution is -1.95. The Morgan fingerprint density at radius 3 is 2.32 bits per heavy atom. The Balaban J connectivity index is 1.82. The average molecular weight is 355 g/mol. The standard InChI is InChI=1S/C19H15BrO2/c20-19-11-10-17(22-13-14-4-2-1-3-5-14)12-18(19)15-6-8-16(21)9-7-15/h1-12,21H,13H2.